The molecule has 112 valence electrons. The second kappa shape index (κ2) is 5.35. The van der Waals surface area contributed by atoms with E-state index in [2.05, 4.69) is 4.98 Å². The van der Waals surface area contributed by atoms with Crippen molar-refractivity contribution in [3.8, 4) is 5.88 Å². The van der Waals surface area contributed by atoms with Gasteiger partial charge in [-0.2, -0.15) is 0 Å². The zero-order chi connectivity index (χ0) is 15.0. The minimum Gasteiger partial charge on any atom is -0.481 e. The highest BCUT2D eigenvalue weighted by Crippen LogP contribution is 2.44. The largest absolute Gasteiger partial charge is 0.481 e. The highest BCUT2D eigenvalue weighted by atomic mass is 16.5. The van der Waals surface area contributed by atoms with E-state index in [0.717, 1.165) is 12.8 Å². The average molecular weight is 290 g/mol. The summed E-state index contributed by atoms with van der Waals surface area (Å²) in [6.07, 6.45) is 3.69. The van der Waals surface area contributed by atoms with Crippen molar-refractivity contribution in [2.24, 2.45) is 17.8 Å². The predicted octanol–water partition coefficient (Wildman–Crippen LogP) is 1.27. The molecule has 1 N–H and O–H groups in total. The first-order chi connectivity index (χ1) is 10.1. The van der Waals surface area contributed by atoms with E-state index in [-0.39, 0.29) is 11.8 Å². The third kappa shape index (κ3) is 2.70. The fourth-order valence-corrected chi connectivity index (χ4v) is 3.09. The number of ether oxygens (including phenoxy) is 1. The van der Waals surface area contributed by atoms with E-state index in [0.29, 0.717) is 30.5 Å². The fourth-order valence-electron chi connectivity index (χ4n) is 3.09. The average Bonchev–Trinajstić information content (AvgIpc) is 3.24. The number of nitrogens with zero attached hydrogens (tertiary/aromatic N) is 2. The quantitative estimate of drug-likeness (QED) is 0.903. The SMILES string of the molecule is COc1cc(C(=O)N2C[C@@H](C(=O)O)[C@H](C3CC3)C2)ccn1. The normalized spacial score (nSPS) is 24.9. The summed E-state index contributed by atoms with van der Waals surface area (Å²) in [5.41, 5.74) is 0.488. The van der Waals surface area contributed by atoms with Crippen LogP contribution in [0.25, 0.3) is 0 Å². The summed E-state index contributed by atoms with van der Waals surface area (Å²) < 4.78 is 5.02. The van der Waals surface area contributed by atoms with Crippen LogP contribution in [0.2, 0.25) is 0 Å². The maximum absolute atomic E-state index is 12.5. The van der Waals surface area contributed by atoms with Gasteiger partial charge in [0.15, 0.2) is 0 Å². The van der Waals surface area contributed by atoms with Crippen LogP contribution < -0.4 is 4.74 Å². The molecule has 1 aromatic rings. The highest BCUT2D eigenvalue weighted by Gasteiger charge is 2.46. The lowest BCUT2D eigenvalue weighted by Gasteiger charge is -2.16. The molecule has 0 spiro atoms. The Bertz CT molecular complexity index is 571. The summed E-state index contributed by atoms with van der Waals surface area (Å²) in [5, 5.41) is 9.34. The molecule has 0 bridgehead atoms. The molecule has 2 atom stereocenters. The minimum absolute atomic E-state index is 0.0928. The third-order valence-electron chi connectivity index (χ3n) is 4.39. The van der Waals surface area contributed by atoms with Crippen LogP contribution in [0.15, 0.2) is 18.3 Å². The van der Waals surface area contributed by atoms with Crippen molar-refractivity contribution in [1.29, 1.82) is 0 Å². The highest BCUT2D eigenvalue weighted by molar-refractivity contribution is 5.95. The van der Waals surface area contributed by atoms with Gasteiger partial charge in [-0.15, -0.1) is 0 Å². The first kappa shape index (κ1) is 13.9. The van der Waals surface area contributed by atoms with Crippen LogP contribution in [0.1, 0.15) is 23.2 Å². The van der Waals surface area contributed by atoms with Gasteiger partial charge in [0.25, 0.3) is 5.91 Å². The lowest BCUT2D eigenvalue weighted by molar-refractivity contribution is -0.142. The molecule has 0 unspecified atom stereocenters. The van der Waals surface area contributed by atoms with E-state index in [1.54, 1.807) is 17.0 Å². The number of rotatable bonds is 4. The van der Waals surface area contributed by atoms with Crippen LogP contribution >= 0.6 is 0 Å². The summed E-state index contributed by atoms with van der Waals surface area (Å²) in [6, 6.07) is 3.22. The maximum Gasteiger partial charge on any atom is 0.308 e. The Labute approximate surface area is 122 Å². The lowest BCUT2D eigenvalue weighted by atomic mass is 9.92. The topological polar surface area (TPSA) is 79.7 Å². The van der Waals surface area contributed by atoms with Gasteiger partial charge < -0.3 is 14.7 Å². The molecule has 1 saturated heterocycles. The van der Waals surface area contributed by atoms with Crippen LogP contribution in [-0.2, 0) is 4.79 Å². The van der Waals surface area contributed by atoms with Gasteiger partial charge in [-0.25, -0.2) is 4.98 Å². The molecule has 0 radical (unpaired) electrons. The molecule has 1 saturated carbocycles. The van der Waals surface area contributed by atoms with E-state index in [1.165, 1.54) is 13.3 Å². The Balaban J connectivity index is 1.77. The Morgan fingerprint density at radius 2 is 2.14 bits per heavy atom. The molecule has 1 aliphatic heterocycles. The first-order valence-electron chi connectivity index (χ1n) is 7.12. The van der Waals surface area contributed by atoms with E-state index in [9.17, 15) is 14.7 Å². The first-order valence-corrected chi connectivity index (χ1v) is 7.12. The van der Waals surface area contributed by atoms with Gasteiger partial charge >= 0.3 is 5.97 Å². The number of hydrogen-bond acceptors (Lipinski definition) is 4. The second-order valence-electron chi connectivity index (χ2n) is 5.74. The van der Waals surface area contributed by atoms with Crippen molar-refractivity contribution in [2.75, 3.05) is 20.2 Å². The summed E-state index contributed by atoms with van der Waals surface area (Å²) in [4.78, 5) is 29.5. The summed E-state index contributed by atoms with van der Waals surface area (Å²) in [6.45, 7) is 0.824. The standard InChI is InChI=1S/C15H18N2O4/c1-21-13-6-10(4-5-16-13)14(18)17-7-11(9-2-3-9)12(8-17)15(19)20/h4-6,9,11-12H,2-3,7-8H2,1H3,(H,19,20)/t11-,12+/m0/s1. The molecule has 2 heterocycles. The Morgan fingerprint density at radius 3 is 2.76 bits per heavy atom. The number of carbonyl (C=O) groups is 2. The van der Waals surface area contributed by atoms with Gasteiger partial charge in [0.1, 0.15) is 0 Å². The molecule has 6 nitrogen and oxygen atoms in total. The van der Waals surface area contributed by atoms with E-state index < -0.39 is 11.9 Å². The van der Waals surface area contributed by atoms with Crippen LogP contribution in [0, 0.1) is 17.8 Å². The van der Waals surface area contributed by atoms with E-state index in [1.807, 2.05) is 0 Å². The number of carboxylic acids is 1. The number of carbonyl (C=O) groups excluding carboxylic acids is 1. The van der Waals surface area contributed by atoms with Gasteiger partial charge in [0.05, 0.1) is 13.0 Å². The number of aromatic nitrogens is 1. The number of aliphatic carboxylic acids is 1. The molecule has 3 rings (SSSR count). The molecule has 1 aromatic heterocycles. The van der Waals surface area contributed by atoms with Crippen molar-refractivity contribution >= 4 is 11.9 Å². The number of hydrogen-bond donors (Lipinski definition) is 1. The number of carboxylic acid groups (broad SMARTS) is 1. The summed E-state index contributed by atoms with van der Waals surface area (Å²) >= 11 is 0. The molecule has 6 heteroatoms. The molecule has 1 aliphatic carbocycles. The lowest BCUT2D eigenvalue weighted by Crippen LogP contribution is -2.30. The van der Waals surface area contributed by atoms with Crippen molar-refractivity contribution in [3.05, 3.63) is 23.9 Å². The number of amides is 1. The Kier molecular flexibility index (Phi) is 3.53. The van der Waals surface area contributed by atoms with Crippen molar-refractivity contribution in [1.82, 2.24) is 9.88 Å². The zero-order valence-electron chi connectivity index (χ0n) is 11.9. The van der Waals surface area contributed by atoms with Crippen LogP contribution in [0.4, 0.5) is 0 Å². The summed E-state index contributed by atoms with van der Waals surface area (Å²) in [7, 11) is 1.50. The molecule has 21 heavy (non-hydrogen) atoms. The van der Waals surface area contributed by atoms with E-state index >= 15 is 0 Å². The molecule has 1 amide bonds. The van der Waals surface area contributed by atoms with Crippen molar-refractivity contribution in [3.63, 3.8) is 0 Å². The third-order valence-corrected chi connectivity index (χ3v) is 4.39. The Hall–Kier alpha value is -2.11. The van der Waals surface area contributed by atoms with Gasteiger partial charge in [-0.3, -0.25) is 9.59 Å². The van der Waals surface area contributed by atoms with Crippen molar-refractivity contribution < 1.29 is 19.4 Å². The van der Waals surface area contributed by atoms with Crippen LogP contribution in [0.3, 0.4) is 0 Å². The molecular formula is C15H18N2O4. The monoisotopic (exact) mass is 290 g/mol. The van der Waals surface area contributed by atoms with Crippen LogP contribution in [0.5, 0.6) is 5.88 Å². The fraction of sp³-hybridized carbons (Fsp3) is 0.533. The predicted molar refractivity (Wildman–Crippen MR) is 74.0 cm³/mol. The maximum atomic E-state index is 12.5. The molecule has 0 aromatic carbocycles. The van der Waals surface area contributed by atoms with Crippen molar-refractivity contribution in [2.45, 2.75) is 12.8 Å². The van der Waals surface area contributed by atoms with Gasteiger partial charge in [-0.05, 0) is 30.7 Å². The molecule has 2 fully saturated rings. The van der Waals surface area contributed by atoms with Gasteiger partial charge in [-0.1, -0.05) is 0 Å². The van der Waals surface area contributed by atoms with Gasteiger partial charge in [0, 0.05) is 30.9 Å². The van der Waals surface area contributed by atoms with Crippen LogP contribution in [-0.4, -0.2) is 47.1 Å². The van der Waals surface area contributed by atoms with E-state index in [4.69, 9.17) is 4.74 Å². The molecular weight excluding hydrogens is 272 g/mol. The van der Waals surface area contributed by atoms with Gasteiger partial charge in [0.2, 0.25) is 5.88 Å². The number of likely N-dealkylation sites (tertiary alicyclic amines) is 1. The summed E-state index contributed by atoms with van der Waals surface area (Å²) in [5.74, 6) is -0.440. The zero-order valence-corrected chi connectivity index (χ0v) is 11.9. The Morgan fingerprint density at radius 1 is 1.38 bits per heavy atom. The second-order valence-corrected chi connectivity index (χ2v) is 5.74. The minimum atomic E-state index is -0.797. The number of pyridine rings is 1. The smallest absolute Gasteiger partial charge is 0.308 e. The number of methoxy groups -OCH3 is 1. The molecule has 2 aliphatic rings.